The SMILES string of the molecule is COC(=O)c1ccc(C(C)Cc2ccc(OCc3c(-c4c(Cl)cccc4Cl)noc3C(C)(C)OC)cc2Cl)cc1. The molecule has 1 unspecified atom stereocenters. The molecule has 1 atom stereocenters. The van der Waals surface area contributed by atoms with E-state index in [-0.39, 0.29) is 18.5 Å². The van der Waals surface area contributed by atoms with Crippen LogP contribution in [0.15, 0.2) is 65.2 Å². The molecule has 0 fully saturated rings. The third-order valence-corrected chi connectivity index (χ3v) is 7.86. The minimum atomic E-state index is -0.773. The van der Waals surface area contributed by atoms with Gasteiger partial charge in [-0.15, -0.1) is 0 Å². The second-order valence-corrected chi connectivity index (χ2v) is 11.1. The molecule has 0 N–H and O–H groups in total. The highest BCUT2D eigenvalue weighted by Gasteiger charge is 2.32. The van der Waals surface area contributed by atoms with Crippen LogP contribution in [0.2, 0.25) is 15.1 Å². The van der Waals surface area contributed by atoms with Crippen LogP contribution in [0.5, 0.6) is 5.75 Å². The van der Waals surface area contributed by atoms with Crippen LogP contribution in [0.25, 0.3) is 11.3 Å². The fourth-order valence-corrected chi connectivity index (χ4v) is 5.21. The van der Waals surface area contributed by atoms with Crippen LogP contribution in [-0.2, 0) is 28.1 Å². The number of hydrogen-bond acceptors (Lipinski definition) is 6. The van der Waals surface area contributed by atoms with E-state index in [0.29, 0.717) is 55.4 Å². The van der Waals surface area contributed by atoms with Crippen LogP contribution in [0.3, 0.4) is 0 Å². The van der Waals surface area contributed by atoms with Crippen molar-refractivity contribution in [3.05, 3.63) is 104 Å². The lowest BCUT2D eigenvalue weighted by Gasteiger charge is -2.21. The highest BCUT2D eigenvalue weighted by atomic mass is 35.5. The summed E-state index contributed by atoms with van der Waals surface area (Å²) in [4.78, 5) is 11.7. The van der Waals surface area contributed by atoms with Crippen molar-refractivity contribution < 1.29 is 23.5 Å². The molecule has 0 bridgehead atoms. The zero-order valence-electron chi connectivity index (χ0n) is 22.9. The number of methoxy groups -OCH3 is 2. The topological polar surface area (TPSA) is 70.8 Å². The van der Waals surface area contributed by atoms with Gasteiger partial charge in [-0.25, -0.2) is 4.79 Å². The molecule has 210 valence electrons. The monoisotopic (exact) mass is 601 g/mol. The summed E-state index contributed by atoms with van der Waals surface area (Å²) in [6, 6.07) is 18.3. The Kier molecular flexibility index (Phi) is 9.47. The molecule has 0 saturated heterocycles. The Morgan fingerprint density at radius 3 is 2.25 bits per heavy atom. The van der Waals surface area contributed by atoms with E-state index in [1.807, 2.05) is 38.1 Å². The summed E-state index contributed by atoms with van der Waals surface area (Å²) in [5.74, 6) is 0.914. The van der Waals surface area contributed by atoms with E-state index in [0.717, 1.165) is 11.1 Å². The number of hydrogen-bond donors (Lipinski definition) is 0. The number of rotatable bonds is 10. The Bertz CT molecular complexity index is 1480. The first-order valence-electron chi connectivity index (χ1n) is 12.6. The smallest absolute Gasteiger partial charge is 0.337 e. The molecule has 4 aromatic rings. The molecule has 9 heteroatoms. The van der Waals surface area contributed by atoms with Crippen molar-refractivity contribution in [2.45, 2.75) is 45.3 Å². The number of ether oxygens (including phenoxy) is 3. The summed E-state index contributed by atoms with van der Waals surface area (Å²) in [7, 11) is 2.97. The van der Waals surface area contributed by atoms with Gasteiger partial charge in [0.15, 0.2) is 5.76 Å². The Labute approximate surface area is 249 Å². The van der Waals surface area contributed by atoms with Crippen LogP contribution >= 0.6 is 34.8 Å². The fourth-order valence-electron chi connectivity index (χ4n) is 4.38. The predicted molar refractivity (Wildman–Crippen MR) is 158 cm³/mol. The predicted octanol–water partition coefficient (Wildman–Crippen LogP) is 8.90. The number of esters is 1. The lowest BCUT2D eigenvalue weighted by molar-refractivity contribution is -0.00510. The first-order valence-corrected chi connectivity index (χ1v) is 13.8. The quantitative estimate of drug-likeness (QED) is 0.169. The van der Waals surface area contributed by atoms with Gasteiger partial charge < -0.3 is 18.7 Å². The molecule has 0 amide bonds. The summed E-state index contributed by atoms with van der Waals surface area (Å²) in [6.07, 6.45) is 0.712. The van der Waals surface area contributed by atoms with Crippen LogP contribution in [0, 0.1) is 0 Å². The first-order chi connectivity index (χ1) is 19.1. The number of carbonyl (C=O) groups excluding carboxylic acids is 1. The molecular weight excluding hydrogens is 573 g/mol. The van der Waals surface area contributed by atoms with E-state index in [9.17, 15) is 4.79 Å². The average molecular weight is 603 g/mol. The second kappa shape index (κ2) is 12.6. The van der Waals surface area contributed by atoms with Gasteiger partial charge in [0.25, 0.3) is 0 Å². The molecule has 0 saturated carbocycles. The van der Waals surface area contributed by atoms with Gasteiger partial charge >= 0.3 is 5.97 Å². The molecule has 0 radical (unpaired) electrons. The van der Waals surface area contributed by atoms with Crippen molar-refractivity contribution in [2.75, 3.05) is 14.2 Å². The van der Waals surface area contributed by atoms with Crippen LogP contribution in [-0.4, -0.2) is 25.3 Å². The summed E-state index contributed by atoms with van der Waals surface area (Å²) in [6.45, 7) is 6.00. The zero-order chi connectivity index (χ0) is 29.0. The highest BCUT2D eigenvalue weighted by Crippen LogP contribution is 2.40. The van der Waals surface area contributed by atoms with E-state index >= 15 is 0 Å². The van der Waals surface area contributed by atoms with Gasteiger partial charge in [-0.3, -0.25) is 0 Å². The minimum absolute atomic E-state index is 0.126. The lowest BCUT2D eigenvalue weighted by atomic mass is 9.93. The Morgan fingerprint density at radius 1 is 0.975 bits per heavy atom. The van der Waals surface area contributed by atoms with Crippen molar-refractivity contribution in [1.29, 1.82) is 0 Å². The molecule has 4 rings (SSSR count). The maximum Gasteiger partial charge on any atom is 0.337 e. The minimum Gasteiger partial charge on any atom is -0.489 e. The molecule has 0 spiro atoms. The normalized spacial score (nSPS) is 12.3. The third kappa shape index (κ3) is 6.47. The second-order valence-electron chi connectivity index (χ2n) is 9.91. The zero-order valence-corrected chi connectivity index (χ0v) is 25.2. The number of nitrogens with zero attached hydrogens (tertiary/aromatic N) is 1. The van der Waals surface area contributed by atoms with Gasteiger partial charge in [-0.1, -0.05) is 71.1 Å². The summed E-state index contributed by atoms with van der Waals surface area (Å²) < 4.78 is 22.3. The van der Waals surface area contributed by atoms with E-state index < -0.39 is 5.60 Å². The van der Waals surface area contributed by atoms with E-state index in [2.05, 4.69) is 12.1 Å². The standard InChI is InChI=1S/C31H30Cl3NO5/c1-18(19-9-11-20(12-10-19)30(36)37-4)15-21-13-14-22(16-26(21)34)39-17-23-28(27-24(32)7-6-8-25(27)33)35-40-29(23)31(2,3)38-5/h6-14,16,18H,15,17H2,1-5H3. The van der Waals surface area contributed by atoms with Crippen LogP contribution < -0.4 is 4.74 Å². The average Bonchev–Trinajstić information content (AvgIpc) is 3.37. The van der Waals surface area contributed by atoms with Gasteiger partial charge in [0.05, 0.1) is 28.3 Å². The molecule has 0 aliphatic carbocycles. The summed E-state index contributed by atoms with van der Waals surface area (Å²) >= 11 is 19.6. The van der Waals surface area contributed by atoms with Gasteiger partial charge in [-0.2, -0.15) is 0 Å². The van der Waals surface area contributed by atoms with E-state index in [4.69, 9.17) is 53.5 Å². The first kappa shape index (κ1) is 29.9. The van der Waals surface area contributed by atoms with Crippen molar-refractivity contribution >= 4 is 40.8 Å². The number of aromatic nitrogens is 1. The van der Waals surface area contributed by atoms with Crippen molar-refractivity contribution in [2.24, 2.45) is 0 Å². The fraction of sp³-hybridized carbons (Fsp3) is 0.290. The van der Waals surface area contributed by atoms with Gasteiger partial charge in [-0.05, 0) is 73.7 Å². The van der Waals surface area contributed by atoms with E-state index in [1.54, 1.807) is 43.5 Å². The maximum absolute atomic E-state index is 11.7. The van der Waals surface area contributed by atoms with Crippen molar-refractivity contribution in [3.63, 3.8) is 0 Å². The van der Waals surface area contributed by atoms with Crippen LogP contribution in [0.1, 0.15) is 59.5 Å². The van der Waals surface area contributed by atoms with E-state index in [1.165, 1.54) is 7.11 Å². The molecule has 1 heterocycles. The Hall–Kier alpha value is -3.03. The molecular formula is C31H30Cl3NO5. The summed E-state index contributed by atoms with van der Waals surface area (Å²) in [5, 5.41) is 5.78. The largest absolute Gasteiger partial charge is 0.489 e. The highest BCUT2D eigenvalue weighted by molar-refractivity contribution is 6.39. The Morgan fingerprint density at radius 2 is 1.65 bits per heavy atom. The lowest BCUT2D eigenvalue weighted by Crippen LogP contribution is -2.21. The molecule has 0 aliphatic rings. The van der Waals surface area contributed by atoms with Gasteiger partial charge in [0.1, 0.15) is 23.7 Å². The van der Waals surface area contributed by atoms with Gasteiger partial charge in [0.2, 0.25) is 0 Å². The Balaban J connectivity index is 1.54. The van der Waals surface area contributed by atoms with Crippen LogP contribution in [0.4, 0.5) is 0 Å². The molecule has 3 aromatic carbocycles. The molecule has 0 aliphatic heterocycles. The van der Waals surface area contributed by atoms with Crippen molar-refractivity contribution in [1.82, 2.24) is 5.16 Å². The number of benzene rings is 3. The van der Waals surface area contributed by atoms with Gasteiger partial charge in [0, 0.05) is 17.7 Å². The summed E-state index contributed by atoms with van der Waals surface area (Å²) in [5.41, 5.74) is 3.54. The molecule has 1 aromatic heterocycles. The number of halogens is 3. The molecule has 6 nitrogen and oxygen atoms in total. The third-order valence-electron chi connectivity index (χ3n) is 6.88. The maximum atomic E-state index is 11.7. The molecule has 40 heavy (non-hydrogen) atoms. The number of carbonyl (C=O) groups is 1. The van der Waals surface area contributed by atoms with Crippen molar-refractivity contribution in [3.8, 4) is 17.0 Å².